The standard InChI is InChI=1S/C12H13BrClN3O/c1-17-7-8(6-16-17)12(5-15)18-11-3-2-9(13)4-10(11)14/h2-4,6-7,12H,5,15H2,1H3. The van der Waals surface area contributed by atoms with Crippen LogP contribution in [0.2, 0.25) is 5.02 Å². The molecule has 6 heteroatoms. The SMILES string of the molecule is Cn1cc(C(CN)Oc2ccc(Br)cc2Cl)cn1. The van der Waals surface area contributed by atoms with E-state index in [-0.39, 0.29) is 6.10 Å². The van der Waals surface area contributed by atoms with Gasteiger partial charge < -0.3 is 10.5 Å². The average Bonchev–Trinajstić information content (AvgIpc) is 2.75. The molecule has 1 unspecified atom stereocenters. The summed E-state index contributed by atoms with van der Waals surface area (Å²) in [6, 6.07) is 5.47. The number of hydrogen-bond donors (Lipinski definition) is 1. The fourth-order valence-corrected chi connectivity index (χ4v) is 2.30. The summed E-state index contributed by atoms with van der Waals surface area (Å²) in [6.07, 6.45) is 3.37. The molecule has 0 aliphatic carbocycles. The average molecular weight is 331 g/mol. The van der Waals surface area contributed by atoms with Gasteiger partial charge in [-0.25, -0.2) is 0 Å². The normalized spacial score (nSPS) is 12.4. The van der Waals surface area contributed by atoms with Gasteiger partial charge in [-0.15, -0.1) is 0 Å². The summed E-state index contributed by atoms with van der Waals surface area (Å²) in [7, 11) is 1.85. The van der Waals surface area contributed by atoms with Crippen molar-refractivity contribution < 1.29 is 4.74 Å². The zero-order chi connectivity index (χ0) is 13.1. The third kappa shape index (κ3) is 3.04. The maximum absolute atomic E-state index is 6.11. The molecule has 0 saturated carbocycles. The molecular weight excluding hydrogens is 318 g/mol. The van der Waals surface area contributed by atoms with Crippen LogP contribution < -0.4 is 10.5 Å². The van der Waals surface area contributed by atoms with Gasteiger partial charge in [-0.3, -0.25) is 4.68 Å². The van der Waals surface area contributed by atoms with Gasteiger partial charge in [0.1, 0.15) is 11.9 Å². The summed E-state index contributed by atoms with van der Waals surface area (Å²) in [5, 5.41) is 4.65. The molecule has 0 aliphatic heterocycles. The number of halogens is 2. The van der Waals surface area contributed by atoms with E-state index in [0.29, 0.717) is 17.3 Å². The highest BCUT2D eigenvalue weighted by atomic mass is 79.9. The van der Waals surface area contributed by atoms with E-state index in [4.69, 9.17) is 22.1 Å². The van der Waals surface area contributed by atoms with Crippen molar-refractivity contribution in [1.82, 2.24) is 9.78 Å². The molecule has 1 atom stereocenters. The lowest BCUT2D eigenvalue weighted by molar-refractivity contribution is 0.214. The molecule has 1 heterocycles. The molecule has 1 aromatic heterocycles. The molecule has 1 aromatic carbocycles. The fraction of sp³-hybridized carbons (Fsp3) is 0.250. The van der Waals surface area contributed by atoms with Crippen molar-refractivity contribution in [3.05, 3.63) is 45.7 Å². The Morgan fingerprint density at radius 3 is 2.89 bits per heavy atom. The summed E-state index contributed by atoms with van der Waals surface area (Å²) in [6.45, 7) is 0.359. The second kappa shape index (κ2) is 5.73. The van der Waals surface area contributed by atoms with E-state index in [1.165, 1.54) is 0 Å². The first-order chi connectivity index (χ1) is 8.60. The number of rotatable bonds is 4. The van der Waals surface area contributed by atoms with Crippen molar-refractivity contribution in [2.24, 2.45) is 12.8 Å². The van der Waals surface area contributed by atoms with E-state index in [1.807, 2.05) is 25.4 Å². The molecule has 2 N–H and O–H groups in total. The number of aryl methyl sites for hydroxylation is 1. The van der Waals surface area contributed by atoms with Crippen molar-refractivity contribution in [3.8, 4) is 5.75 Å². The molecule has 0 fully saturated rings. The molecule has 4 nitrogen and oxygen atoms in total. The molecule has 2 rings (SSSR count). The lowest BCUT2D eigenvalue weighted by atomic mass is 10.2. The van der Waals surface area contributed by atoms with Crippen molar-refractivity contribution in [2.45, 2.75) is 6.10 Å². The molecule has 0 bridgehead atoms. The smallest absolute Gasteiger partial charge is 0.139 e. The highest BCUT2D eigenvalue weighted by molar-refractivity contribution is 9.10. The first-order valence-corrected chi connectivity index (χ1v) is 6.57. The van der Waals surface area contributed by atoms with E-state index in [9.17, 15) is 0 Å². The van der Waals surface area contributed by atoms with Crippen LogP contribution in [0.25, 0.3) is 0 Å². The molecule has 0 radical (unpaired) electrons. The Labute approximate surface area is 119 Å². The van der Waals surface area contributed by atoms with Gasteiger partial charge in [0.05, 0.1) is 11.2 Å². The van der Waals surface area contributed by atoms with Gasteiger partial charge >= 0.3 is 0 Å². The Bertz CT molecular complexity index is 544. The van der Waals surface area contributed by atoms with Crippen LogP contribution in [0.4, 0.5) is 0 Å². The molecule has 0 spiro atoms. The van der Waals surface area contributed by atoms with E-state index >= 15 is 0 Å². The van der Waals surface area contributed by atoms with Crippen molar-refractivity contribution >= 4 is 27.5 Å². The molecule has 0 aliphatic rings. The highest BCUT2D eigenvalue weighted by Gasteiger charge is 2.15. The first-order valence-electron chi connectivity index (χ1n) is 5.40. The van der Waals surface area contributed by atoms with Crippen LogP contribution >= 0.6 is 27.5 Å². The number of nitrogens with zero attached hydrogens (tertiary/aromatic N) is 2. The van der Waals surface area contributed by atoms with Gasteiger partial charge in [-0.1, -0.05) is 27.5 Å². The molecule has 96 valence electrons. The largest absolute Gasteiger partial charge is 0.483 e. The van der Waals surface area contributed by atoms with Gasteiger partial charge in [-0.05, 0) is 18.2 Å². The zero-order valence-corrected chi connectivity index (χ0v) is 12.1. The highest BCUT2D eigenvalue weighted by Crippen LogP contribution is 2.31. The lowest BCUT2D eigenvalue weighted by Gasteiger charge is -2.17. The summed E-state index contributed by atoms with van der Waals surface area (Å²) in [4.78, 5) is 0. The molecule has 2 aromatic rings. The Balaban J connectivity index is 2.20. The van der Waals surface area contributed by atoms with Crippen LogP contribution in [0.1, 0.15) is 11.7 Å². The molecular formula is C12H13BrClN3O. The quantitative estimate of drug-likeness (QED) is 0.938. The van der Waals surface area contributed by atoms with Crippen LogP contribution in [-0.4, -0.2) is 16.3 Å². The maximum Gasteiger partial charge on any atom is 0.139 e. The van der Waals surface area contributed by atoms with E-state index in [0.717, 1.165) is 10.0 Å². The minimum atomic E-state index is -0.252. The molecule has 18 heavy (non-hydrogen) atoms. The fourth-order valence-electron chi connectivity index (χ4n) is 1.58. The van der Waals surface area contributed by atoms with Crippen LogP contribution in [0.5, 0.6) is 5.75 Å². The van der Waals surface area contributed by atoms with Crippen molar-refractivity contribution in [1.29, 1.82) is 0 Å². The maximum atomic E-state index is 6.11. The van der Waals surface area contributed by atoms with Gasteiger partial charge in [0, 0.05) is 29.8 Å². The van der Waals surface area contributed by atoms with E-state index < -0.39 is 0 Å². The predicted molar refractivity (Wildman–Crippen MR) is 74.8 cm³/mol. The Morgan fingerprint density at radius 2 is 2.33 bits per heavy atom. The third-order valence-corrected chi connectivity index (χ3v) is 3.26. The van der Waals surface area contributed by atoms with Gasteiger partial charge in [-0.2, -0.15) is 5.10 Å². The van der Waals surface area contributed by atoms with Crippen molar-refractivity contribution in [3.63, 3.8) is 0 Å². The topological polar surface area (TPSA) is 53.1 Å². The van der Waals surface area contributed by atoms with Crippen LogP contribution in [0.3, 0.4) is 0 Å². The first kappa shape index (κ1) is 13.4. The molecule has 0 amide bonds. The lowest BCUT2D eigenvalue weighted by Crippen LogP contribution is -2.18. The molecule has 0 saturated heterocycles. The Morgan fingerprint density at radius 1 is 1.56 bits per heavy atom. The van der Waals surface area contributed by atoms with E-state index in [2.05, 4.69) is 21.0 Å². The summed E-state index contributed by atoms with van der Waals surface area (Å²) in [5.41, 5.74) is 6.66. The number of ether oxygens (including phenoxy) is 1. The Hall–Kier alpha value is -1.04. The van der Waals surface area contributed by atoms with Crippen LogP contribution in [-0.2, 0) is 7.05 Å². The van der Waals surface area contributed by atoms with Gasteiger partial charge in [0.15, 0.2) is 0 Å². The zero-order valence-electron chi connectivity index (χ0n) is 9.81. The number of benzene rings is 1. The summed E-state index contributed by atoms with van der Waals surface area (Å²) < 4.78 is 8.44. The summed E-state index contributed by atoms with van der Waals surface area (Å²) >= 11 is 9.46. The number of nitrogens with two attached hydrogens (primary N) is 1. The van der Waals surface area contributed by atoms with E-state index in [1.54, 1.807) is 16.9 Å². The van der Waals surface area contributed by atoms with Crippen LogP contribution in [0, 0.1) is 0 Å². The monoisotopic (exact) mass is 329 g/mol. The van der Waals surface area contributed by atoms with Gasteiger partial charge in [0.2, 0.25) is 0 Å². The van der Waals surface area contributed by atoms with Crippen LogP contribution in [0.15, 0.2) is 35.1 Å². The van der Waals surface area contributed by atoms with Gasteiger partial charge in [0.25, 0.3) is 0 Å². The Kier molecular flexibility index (Phi) is 4.27. The second-order valence-corrected chi connectivity index (χ2v) is 5.19. The third-order valence-electron chi connectivity index (χ3n) is 2.47. The number of hydrogen-bond acceptors (Lipinski definition) is 3. The number of aromatic nitrogens is 2. The second-order valence-electron chi connectivity index (χ2n) is 3.86. The summed E-state index contributed by atoms with van der Waals surface area (Å²) in [5.74, 6) is 0.610. The minimum Gasteiger partial charge on any atom is -0.483 e. The predicted octanol–water partition coefficient (Wildman–Crippen LogP) is 2.91. The van der Waals surface area contributed by atoms with Crippen molar-refractivity contribution in [2.75, 3.05) is 6.54 Å². The minimum absolute atomic E-state index is 0.252.